The molecule has 3 amide bonds. The topological polar surface area (TPSA) is 162 Å². The molecule has 10 nitrogen and oxygen atoms in total. The Bertz CT molecular complexity index is 576. The van der Waals surface area contributed by atoms with Crippen LogP contribution in [-0.2, 0) is 24.0 Å². The van der Waals surface area contributed by atoms with Gasteiger partial charge < -0.3 is 26.2 Å². The summed E-state index contributed by atoms with van der Waals surface area (Å²) in [5, 5.41) is 25.2. The zero-order chi connectivity index (χ0) is 19.9. The molecule has 1 fully saturated rings. The van der Waals surface area contributed by atoms with Crippen molar-refractivity contribution >= 4 is 29.7 Å². The average Bonchev–Trinajstić information content (AvgIpc) is 2.96. The minimum Gasteiger partial charge on any atom is -0.481 e. The van der Waals surface area contributed by atoms with Crippen molar-refractivity contribution in [3.63, 3.8) is 0 Å². The molecule has 146 valence electrons. The Morgan fingerprint density at radius 3 is 2.27 bits per heavy atom. The van der Waals surface area contributed by atoms with E-state index < -0.39 is 41.9 Å². The third-order valence-corrected chi connectivity index (χ3v) is 3.91. The molecular weight excluding hydrogens is 346 g/mol. The molecule has 0 bridgehead atoms. The summed E-state index contributed by atoms with van der Waals surface area (Å²) in [6, 6.07) is -3.13. The van der Waals surface area contributed by atoms with Crippen molar-refractivity contribution in [3.8, 4) is 0 Å². The standard InChI is InChI=1S/C16H25N3O7/c1-8(2)7-11(16(25)26)19-15(24)10(4-6-13(21)22)18-14(23)9-3-5-12(20)17-9/h8-11H,3-7H2,1-2H3,(H,17,20)(H,18,23)(H,19,24)(H,21,22)(H,25,26)/t9-,10-,11-/m0/s1. The van der Waals surface area contributed by atoms with Crippen molar-refractivity contribution in [1.82, 2.24) is 16.0 Å². The van der Waals surface area contributed by atoms with Crippen molar-refractivity contribution < 1.29 is 34.2 Å². The van der Waals surface area contributed by atoms with Crippen LogP contribution < -0.4 is 16.0 Å². The second-order valence-electron chi connectivity index (χ2n) is 6.68. The number of carboxylic acid groups (broad SMARTS) is 2. The minimum absolute atomic E-state index is 0.0113. The average molecular weight is 371 g/mol. The lowest BCUT2D eigenvalue weighted by molar-refractivity contribution is -0.143. The number of rotatable bonds is 10. The Kier molecular flexibility index (Phi) is 8.01. The molecule has 26 heavy (non-hydrogen) atoms. The quantitative estimate of drug-likeness (QED) is 0.337. The zero-order valence-electron chi connectivity index (χ0n) is 14.8. The Hall–Kier alpha value is -2.65. The highest BCUT2D eigenvalue weighted by Gasteiger charge is 2.32. The molecule has 0 saturated carbocycles. The molecule has 5 N–H and O–H groups in total. The molecule has 0 aromatic heterocycles. The third kappa shape index (κ3) is 7.08. The Morgan fingerprint density at radius 1 is 1.15 bits per heavy atom. The van der Waals surface area contributed by atoms with E-state index in [-0.39, 0.29) is 43.9 Å². The SMILES string of the molecule is CC(C)C[C@H](NC(=O)[C@H](CCC(=O)O)NC(=O)[C@@H]1CCC(=O)N1)C(=O)O. The summed E-state index contributed by atoms with van der Waals surface area (Å²) in [6.07, 6.45) is 0.0981. The van der Waals surface area contributed by atoms with Crippen LogP contribution in [0.1, 0.15) is 46.0 Å². The van der Waals surface area contributed by atoms with Crippen molar-refractivity contribution in [2.45, 2.75) is 64.1 Å². The molecule has 1 heterocycles. The second-order valence-corrected chi connectivity index (χ2v) is 6.68. The highest BCUT2D eigenvalue weighted by Crippen LogP contribution is 2.09. The van der Waals surface area contributed by atoms with E-state index >= 15 is 0 Å². The van der Waals surface area contributed by atoms with Gasteiger partial charge in [0.2, 0.25) is 17.7 Å². The molecule has 1 saturated heterocycles. The number of hydrogen-bond donors (Lipinski definition) is 5. The Labute approximate surface area is 150 Å². The van der Waals surface area contributed by atoms with E-state index in [0.29, 0.717) is 0 Å². The van der Waals surface area contributed by atoms with Gasteiger partial charge in [0.25, 0.3) is 0 Å². The van der Waals surface area contributed by atoms with Crippen LogP contribution in [0, 0.1) is 5.92 Å². The van der Waals surface area contributed by atoms with Gasteiger partial charge >= 0.3 is 11.9 Å². The maximum absolute atomic E-state index is 12.4. The number of hydrogen-bond acceptors (Lipinski definition) is 5. The summed E-state index contributed by atoms with van der Waals surface area (Å²) < 4.78 is 0. The van der Waals surface area contributed by atoms with E-state index in [1.807, 2.05) is 0 Å². The first-order valence-corrected chi connectivity index (χ1v) is 8.44. The van der Waals surface area contributed by atoms with Gasteiger partial charge in [-0.15, -0.1) is 0 Å². The summed E-state index contributed by atoms with van der Waals surface area (Å²) >= 11 is 0. The molecule has 1 rings (SSSR count). The number of carbonyl (C=O) groups is 5. The van der Waals surface area contributed by atoms with Crippen molar-refractivity contribution in [3.05, 3.63) is 0 Å². The van der Waals surface area contributed by atoms with Gasteiger partial charge in [-0.25, -0.2) is 4.79 Å². The predicted molar refractivity (Wildman–Crippen MR) is 89.0 cm³/mol. The third-order valence-electron chi connectivity index (χ3n) is 3.91. The molecule has 0 radical (unpaired) electrons. The van der Waals surface area contributed by atoms with Crippen LogP contribution >= 0.6 is 0 Å². The normalized spacial score (nSPS) is 18.7. The first kappa shape index (κ1) is 21.4. The van der Waals surface area contributed by atoms with Crippen LogP contribution in [0.4, 0.5) is 0 Å². The van der Waals surface area contributed by atoms with Crippen LogP contribution in [0.3, 0.4) is 0 Å². The maximum atomic E-state index is 12.4. The smallest absolute Gasteiger partial charge is 0.326 e. The summed E-state index contributed by atoms with van der Waals surface area (Å²) in [4.78, 5) is 57.9. The van der Waals surface area contributed by atoms with Crippen molar-refractivity contribution in [1.29, 1.82) is 0 Å². The lowest BCUT2D eigenvalue weighted by Crippen LogP contribution is -2.54. The number of aliphatic carboxylic acids is 2. The molecule has 1 aliphatic rings. The van der Waals surface area contributed by atoms with Crippen LogP contribution in [0.2, 0.25) is 0 Å². The van der Waals surface area contributed by atoms with Gasteiger partial charge in [0, 0.05) is 12.8 Å². The van der Waals surface area contributed by atoms with Crippen LogP contribution in [-0.4, -0.2) is 58.0 Å². The number of carboxylic acids is 2. The fourth-order valence-corrected chi connectivity index (χ4v) is 2.58. The molecule has 3 atom stereocenters. The van der Waals surface area contributed by atoms with Gasteiger partial charge in [0.15, 0.2) is 0 Å². The summed E-state index contributed by atoms with van der Waals surface area (Å²) in [6.45, 7) is 3.60. The van der Waals surface area contributed by atoms with Gasteiger partial charge in [0.05, 0.1) is 0 Å². The highest BCUT2D eigenvalue weighted by atomic mass is 16.4. The molecule has 1 aliphatic heterocycles. The van der Waals surface area contributed by atoms with E-state index in [1.54, 1.807) is 13.8 Å². The zero-order valence-corrected chi connectivity index (χ0v) is 14.8. The van der Waals surface area contributed by atoms with Gasteiger partial charge in [-0.3, -0.25) is 19.2 Å². The van der Waals surface area contributed by atoms with E-state index in [9.17, 15) is 29.1 Å². The molecule has 0 aliphatic carbocycles. The second kappa shape index (κ2) is 9.73. The van der Waals surface area contributed by atoms with Crippen LogP contribution in [0.25, 0.3) is 0 Å². The molecule has 0 unspecified atom stereocenters. The van der Waals surface area contributed by atoms with E-state index in [4.69, 9.17) is 5.11 Å². The summed E-state index contributed by atoms with van der Waals surface area (Å²) in [7, 11) is 0. The molecule has 10 heteroatoms. The van der Waals surface area contributed by atoms with E-state index in [1.165, 1.54) is 0 Å². The fraction of sp³-hybridized carbons (Fsp3) is 0.688. The largest absolute Gasteiger partial charge is 0.481 e. The Morgan fingerprint density at radius 2 is 1.81 bits per heavy atom. The molecule has 0 aromatic rings. The van der Waals surface area contributed by atoms with Gasteiger partial charge in [-0.1, -0.05) is 13.8 Å². The molecular formula is C16H25N3O7. The monoisotopic (exact) mass is 371 g/mol. The fourth-order valence-electron chi connectivity index (χ4n) is 2.58. The lowest BCUT2D eigenvalue weighted by Gasteiger charge is -2.23. The van der Waals surface area contributed by atoms with Crippen LogP contribution in [0.15, 0.2) is 0 Å². The van der Waals surface area contributed by atoms with E-state index in [0.717, 1.165) is 0 Å². The highest BCUT2D eigenvalue weighted by molar-refractivity contribution is 5.95. The Balaban J connectivity index is 2.77. The summed E-state index contributed by atoms with van der Waals surface area (Å²) in [5.74, 6) is -3.99. The van der Waals surface area contributed by atoms with Crippen molar-refractivity contribution in [2.75, 3.05) is 0 Å². The number of carbonyl (C=O) groups excluding carboxylic acids is 3. The maximum Gasteiger partial charge on any atom is 0.326 e. The first-order valence-electron chi connectivity index (χ1n) is 8.44. The van der Waals surface area contributed by atoms with Gasteiger partial charge in [0.1, 0.15) is 18.1 Å². The van der Waals surface area contributed by atoms with Crippen molar-refractivity contribution in [2.24, 2.45) is 5.92 Å². The number of nitrogens with one attached hydrogen (secondary N) is 3. The molecule has 0 aromatic carbocycles. The van der Waals surface area contributed by atoms with Gasteiger partial charge in [-0.05, 0) is 25.2 Å². The first-order chi connectivity index (χ1) is 12.1. The van der Waals surface area contributed by atoms with E-state index in [2.05, 4.69) is 16.0 Å². The van der Waals surface area contributed by atoms with Gasteiger partial charge in [-0.2, -0.15) is 0 Å². The predicted octanol–water partition coefficient (Wildman–Crippen LogP) is -0.770. The molecule has 0 spiro atoms. The minimum atomic E-state index is -1.21. The summed E-state index contributed by atoms with van der Waals surface area (Å²) in [5.41, 5.74) is 0. The van der Waals surface area contributed by atoms with Crippen LogP contribution in [0.5, 0.6) is 0 Å². The lowest BCUT2D eigenvalue weighted by atomic mass is 10.0. The number of amides is 3.